The number of hydrogen-bond donors (Lipinski definition) is 1. The average Bonchev–Trinajstić information content (AvgIpc) is 2.99. The van der Waals surface area contributed by atoms with Gasteiger partial charge in [-0.25, -0.2) is 9.78 Å². The Balaban J connectivity index is 0.00000176. The molecule has 2 aromatic carbocycles. The van der Waals surface area contributed by atoms with E-state index in [1.807, 2.05) is 60.7 Å². The molecule has 3 aromatic rings. The molecule has 4 nitrogen and oxygen atoms in total. The maximum absolute atomic E-state index is 11.4. The molecule has 0 saturated heterocycles. The molecule has 5 heteroatoms. The molecule has 0 aliphatic carbocycles. The van der Waals surface area contributed by atoms with Gasteiger partial charge in [-0.1, -0.05) is 60.7 Å². The second-order valence-corrected chi connectivity index (χ2v) is 4.72. The van der Waals surface area contributed by atoms with Gasteiger partial charge >= 0.3 is 5.97 Å². The quantitative estimate of drug-likeness (QED) is 0.800. The van der Waals surface area contributed by atoms with Crippen LogP contribution in [0.4, 0.5) is 0 Å². The molecule has 3 rings (SSSR count). The van der Waals surface area contributed by atoms with Crippen molar-refractivity contribution in [3.05, 3.63) is 90.0 Å². The lowest BCUT2D eigenvalue weighted by molar-refractivity contribution is 0.0684. The average molecular weight is 315 g/mol. The third-order valence-corrected chi connectivity index (χ3v) is 3.39. The topological polar surface area (TPSA) is 55.1 Å². The van der Waals surface area contributed by atoms with E-state index in [9.17, 15) is 9.90 Å². The molecule has 0 fully saturated rings. The van der Waals surface area contributed by atoms with Crippen molar-refractivity contribution in [1.82, 2.24) is 9.55 Å². The van der Waals surface area contributed by atoms with Crippen LogP contribution in [-0.2, 0) is 0 Å². The van der Waals surface area contributed by atoms with Crippen LogP contribution in [0.25, 0.3) is 0 Å². The van der Waals surface area contributed by atoms with E-state index in [2.05, 4.69) is 4.98 Å². The van der Waals surface area contributed by atoms with Crippen molar-refractivity contribution in [2.45, 2.75) is 6.04 Å². The Morgan fingerprint density at radius 2 is 1.45 bits per heavy atom. The van der Waals surface area contributed by atoms with Gasteiger partial charge in [0.15, 0.2) is 0 Å². The first-order chi connectivity index (χ1) is 10.3. The molecule has 0 radical (unpaired) electrons. The van der Waals surface area contributed by atoms with E-state index in [4.69, 9.17) is 0 Å². The van der Waals surface area contributed by atoms with Gasteiger partial charge in [0.25, 0.3) is 0 Å². The molecule has 0 saturated carbocycles. The Labute approximate surface area is 134 Å². The summed E-state index contributed by atoms with van der Waals surface area (Å²) in [7, 11) is 0. The SMILES string of the molecule is Cl.O=C(O)c1cncn1C(c1ccccc1)c1ccccc1. The summed E-state index contributed by atoms with van der Waals surface area (Å²) in [4.78, 5) is 15.4. The summed E-state index contributed by atoms with van der Waals surface area (Å²) in [6.07, 6.45) is 2.94. The zero-order valence-electron chi connectivity index (χ0n) is 11.7. The standard InChI is InChI=1S/C17H14N2O2.ClH/c20-17(21)15-11-18-12-19(15)16(13-7-3-1-4-8-13)14-9-5-2-6-10-14;/h1-12,16H,(H,20,21);1H. The van der Waals surface area contributed by atoms with Crippen molar-refractivity contribution in [1.29, 1.82) is 0 Å². The Bertz CT molecular complexity index is 702. The Morgan fingerprint density at radius 3 is 1.91 bits per heavy atom. The predicted octanol–water partition coefficient (Wildman–Crippen LogP) is 3.64. The van der Waals surface area contributed by atoms with Gasteiger partial charge < -0.3 is 9.67 Å². The van der Waals surface area contributed by atoms with Crippen molar-refractivity contribution in [3.63, 3.8) is 0 Å². The molecule has 0 aliphatic heterocycles. The maximum atomic E-state index is 11.4. The number of hydrogen-bond acceptors (Lipinski definition) is 2. The summed E-state index contributed by atoms with van der Waals surface area (Å²) in [5.74, 6) is -0.982. The molecule has 0 unspecified atom stereocenters. The van der Waals surface area contributed by atoms with Crippen LogP contribution in [-0.4, -0.2) is 20.6 Å². The van der Waals surface area contributed by atoms with E-state index in [0.29, 0.717) is 0 Å². The molecule has 22 heavy (non-hydrogen) atoms. The third kappa shape index (κ3) is 3.02. The lowest BCUT2D eigenvalue weighted by atomic mass is 9.98. The number of aromatic carboxylic acids is 1. The molecule has 1 aromatic heterocycles. The number of nitrogens with zero attached hydrogens (tertiary/aromatic N) is 2. The first kappa shape index (κ1) is 15.8. The minimum Gasteiger partial charge on any atom is -0.477 e. The van der Waals surface area contributed by atoms with E-state index in [1.54, 1.807) is 10.9 Å². The number of halogens is 1. The zero-order chi connectivity index (χ0) is 14.7. The Kier molecular flexibility index (Phi) is 4.96. The van der Waals surface area contributed by atoms with Gasteiger partial charge in [-0.05, 0) is 11.1 Å². The summed E-state index contributed by atoms with van der Waals surface area (Å²) in [6.45, 7) is 0. The molecular weight excluding hydrogens is 300 g/mol. The van der Waals surface area contributed by atoms with E-state index >= 15 is 0 Å². The van der Waals surface area contributed by atoms with Crippen molar-refractivity contribution in [2.75, 3.05) is 0 Å². The largest absolute Gasteiger partial charge is 0.477 e. The van der Waals surface area contributed by atoms with Crippen LogP contribution in [0.2, 0.25) is 0 Å². The normalized spacial score (nSPS) is 10.2. The molecule has 0 atom stereocenters. The fraction of sp³-hybridized carbons (Fsp3) is 0.0588. The lowest BCUT2D eigenvalue weighted by Gasteiger charge is -2.21. The molecule has 0 spiro atoms. The van der Waals surface area contributed by atoms with Gasteiger partial charge in [0, 0.05) is 0 Å². The number of rotatable bonds is 4. The first-order valence-corrected chi connectivity index (χ1v) is 6.62. The van der Waals surface area contributed by atoms with Crippen molar-refractivity contribution in [2.24, 2.45) is 0 Å². The maximum Gasteiger partial charge on any atom is 0.354 e. The smallest absolute Gasteiger partial charge is 0.354 e. The van der Waals surface area contributed by atoms with Gasteiger partial charge in [0.05, 0.1) is 18.6 Å². The number of carbonyl (C=O) groups is 1. The second kappa shape index (κ2) is 6.91. The van der Waals surface area contributed by atoms with Crippen LogP contribution >= 0.6 is 12.4 Å². The van der Waals surface area contributed by atoms with Crippen LogP contribution in [0.15, 0.2) is 73.2 Å². The third-order valence-electron chi connectivity index (χ3n) is 3.39. The molecule has 0 aliphatic rings. The fourth-order valence-corrected chi connectivity index (χ4v) is 2.46. The van der Waals surface area contributed by atoms with Crippen LogP contribution in [0.5, 0.6) is 0 Å². The Morgan fingerprint density at radius 1 is 0.955 bits per heavy atom. The highest BCUT2D eigenvalue weighted by Crippen LogP contribution is 2.27. The highest BCUT2D eigenvalue weighted by molar-refractivity contribution is 5.85. The van der Waals surface area contributed by atoms with Crippen LogP contribution < -0.4 is 0 Å². The number of benzene rings is 2. The van der Waals surface area contributed by atoms with E-state index in [1.165, 1.54) is 6.20 Å². The van der Waals surface area contributed by atoms with Gasteiger partial charge in [-0.2, -0.15) is 0 Å². The van der Waals surface area contributed by atoms with E-state index < -0.39 is 5.97 Å². The van der Waals surface area contributed by atoms with Crippen molar-refractivity contribution < 1.29 is 9.90 Å². The predicted molar refractivity (Wildman–Crippen MR) is 86.6 cm³/mol. The summed E-state index contributed by atoms with van der Waals surface area (Å²) in [6, 6.07) is 19.4. The van der Waals surface area contributed by atoms with Gasteiger partial charge in [0.1, 0.15) is 5.69 Å². The molecule has 112 valence electrons. The molecule has 1 heterocycles. The van der Waals surface area contributed by atoms with E-state index in [0.717, 1.165) is 11.1 Å². The highest BCUT2D eigenvalue weighted by Gasteiger charge is 2.21. The molecule has 0 bridgehead atoms. The lowest BCUT2D eigenvalue weighted by Crippen LogP contribution is -2.16. The van der Waals surface area contributed by atoms with Crippen LogP contribution in [0.3, 0.4) is 0 Å². The molecule has 0 amide bonds. The van der Waals surface area contributed by atoms with Gasteiger partial charge in [0.2, 0.25) is 0 Å². The number of carboxylic acid groups (broad SMARTS) is 1. The summed E-state index contributed by atoms with van der Waals surface area (Å²) in [5, 5.41) is 9.34. The zero-order valence-corrected chi connectivity index (χ0v) is 12.5. The summed E-state index contributed by atoms with van der Waals surface area (Å²) < 4.78 is 1.69. The number of aromatic nitrogens is 2. The van der Waals surface area contributed by atoms with Crippen molar-refractivity contribution in [3.8, 4) is 0 Å². The van der Waals surface area contributed by atoms with Crippen molar-refractivity contribution >= 4 is 18.4 Å². The first-order valence-electron chi connectivity index (χ1n) is 6.62. The molecule has 1 N–H and O–H groups in total. The summed E-state index contributed by atoms with van der Waals surface area (Å²) >= 11 is 0. The minimum absolute atomic E-state index is 0. The second-order valence-electron chi connectivity index (χ2n) is 4.72. The van der Waals surface area contributed by atoms with E-state index in [-0.39, 0.29) is 24.1 Å². The number of imidazole rings is 1. The fourth-order valence-electron chi connectivity index (χ4n) is 2.46. The summed E-state index contributed by atoms with van der Waals surface area (Å²) in [5.41, 5.74) is 2.21. The highest BCUT2D eigenvalue weighted by atomic mass is 35.5. The monoisotopic (exact) mass is 314 g/mol. The minimum atomic E-state index is -0.982. The Hall–Kier alpha value is -2.59. The van der Waals surface area contributed by atoms with Crippen LogP contribution in [0, 0.1) is 0 Å². The van der Waals surface area contributed by atoms with Crippen LogP contribution in [0.1, 0.15) is 27.7 Å². The van der Waals surface area contributed by atoms with Gasteiger partial charge in [-0.3, -0.25) is 0 Å². The molecular formula is C17H15ClN2O2. The van der Waals surface area contributed by atoms with Gasteiger partial charge in [-0.15, -0.1) is 12.4 Å². The number of carboxylic acids is 1.